The Balaban J connectivity index is 1.99. The minimum atomic E-state index is -0.508. The highest BCUT2D eigenvalue weighted by Crippen LogP contribution is 2.26. The predicted molar refractivity (Wildman–Crippen MR) is 122 cm³/mol. The van der Waals surface area contributed by atoms with E-state index in [4.69, 9.17) is 9.26 Å². The molecule has 0 saturated carbocycles. The van der Waals surface area contributed by atoms with Crippen LogP contribution in [0.25, 0.3) is 10.9 Å². The maximum Gasteiger partial charge on any atom is 0.337 e. The molecule has 10 heteroatoms. The van der Waals surface area contributed by atoms with Crippen LogP contribution in [0.2, 0.25) is 0 Å². The molecule has 170 valence electrons. The van der Waals surface area contributed by atoms with Crippen LogP contribution in [-0.4, -0.2) is 38.9 Å². The summed E-state index contributed by atoms with van der Waals surface area (Å²) in [5, 5.41) is 6.87. The van der Waals surface area contributed by atoms with Gasteiger partial charge in [0.05, 0.1) is 28.8 Å². The minimum absolute atomic E-state index is 0.204. The number of fused-ring (bicyclic) bond motifs is 1. The van der Waals surface area contributed by atoms with E-state index in [9.17, 15) is 14.4 Å². The number of ether oxygens (including phenoxy) is 1. The van der Waals surface area contributed by atoms with Crippen molar-refractivity contribution in [1.29, 1.82) is 0 Å². The summed E-state index contributed by atoms with van der Waals surface area (Å²) < 4.78 is 11.4. The molecule has 0 radical (unpaired) electrons. The lowest BCUT2D eigenvalue weighted by atomic mass is 10.1. The molecule has 2 aromatic heterocycles. The molecule has 3 rings (SSSR count). The van der Waals surface area contributed by atoms with Gasteiger partial charge in [-0.2, -0.15) is 0 Å². The molecule has 2 heterocycles. The van der Waals surface area contributed by atoms with Crippen molar-refractivity contribution in [2.75, 3.05) is 12.4 Å². The number of anilines is 1. The van der Waals surface area contributed by atoms with Crippen molar-refractivity contribution in [2.24, 2.45) is 0 Å². The first-order chi connectivity index (χ1) is 15.4. The Morgan fingerprint density at radius 3 is 2.69 bits per heavy atom. The van der Waals surface area contributed by atoms with Crippen molar-refractivity contribution < 1.29 is 18.8 Å². The summed E-state index contributed by atoms with van der Waals surface area (Å²) in [6, 6.07) is 6.31. The first kappa shape index (κ1) is 23.5. The van der Waals surface area contributed by atoms with Gasteiger partial charge in [0.1, 0.15) is 5.76 Å². The van der Waals surface area contributed by atoms with Gasteiger partial charge < -0.3 is 14.6 Å². The summed E-state index contributed by atoms with van der Waals surface area (Å²) in [5.74, 6) is 0.161. The van der Waals surface area contributed by atoms with E-state index < -0.39 is 11.2 Å². The molecular weight excluding hydrogens is 432 g/mol. The Kier molecular flexibility index (Phi) is 7.68. The van der Waals surface area contributed by atoms with Crippen molar-refractivity contribution in [1.82, 2.24) is 14.7 Å². The first-order valence-electron chi connectivity index (χ1n) is 10.4. The van der Waals surface area contributed by atoms with E-state index in [0.717, 1.165) is 12.8 Å². The molecule has 1 N–H and O–H groups in total. The number of esters is 1. The van der Waals surface area contributed by atoms with Crippen molar-refractivity contribution in [3.05, 3.63) is 45.9 Å². The topological polar surface area (TPSA) is 116 Å². The van der Waals surface area contributed by atoms with Gasteiger partial charge in [-0.3, -0.25) is 14.2 Å². The van der Waals surface area contributed by atoms with Gasteiger partial charge in [0.25, 0.3) is 5.56 Å². The van der Waals surface area contributed by atoms with Gasteiger partial charge in [0, 0.05) is 12.6 Å². The van der Waals surface area contributed by atoms with Crippen LogP contribution < -0.4 is 10.9 Å². The number of aryl methyl sites for hydroxylation is 1. The lowest BCUT2D eigenvalue weighted by Gasteiger charge is -2.17. The number of thioether (sulfide) groups is 1. The van der Waals surface area contributed by atoms with Gasteiger partial charge in [-0.1, -0.05) is 37.2 Å². The highest BCUT2D eigenvalue weighted by Gasteiger charge is 2.23. The molecule has 9 nitrogen and oxygen atoms in total. The normalized spacial score (nSPS) is 12.0. The van der Waals surface area contributed by atoms with Crippen LogP contribution >= 0.6 is 11.8 Å². The Labute approximate surface area is 189 Å². The van der Waals surface area contributed by atoms with Gasteiger partial charge >= 0.3 is 5.97 Å². The fourth-order valence-electron chi connectivity index (χ4n) is 3.13. The summed E-state index contributed by atoms with van der Waals surface area (Å²) in [7, 11) is 1.30. The third-order valence-corrected chi connectivity index (χ3v) is 6.22. The number of hydrogen-bond acceptors (Lipinski definition) is 8. The Bertz CT molecular complexity index is 1190. The molecule has 0 unspecified atom stereocenters. The molecule has 32 heavy (non-hydrogen) atoms. The second-order valence-corrected chi connectivity index (χ2v) is 8.42. The van der Waals surface area contributed by atoms with Crippen molar-refractivity contribution in [3.8, 4) is 0 Å². The minimum Gasteiger partial charge on any atom is -0.465 e. The SMILES string of the molecule is CCCCn1c(S[C@@H](CC)C(=O)Nc2cc(C)on2)nc2cc(C(=O)OC)ccc2c1=O. The van der Waals surface area contributed by atoms with Crippen molar-refractivity contribution in [3.63, 3.8) is 0 Å². The highest BCUT2D eigenvalue weighted by atomic mass is 32.2. The number of rotatable bonds is 9. The molecule has 1 amide bonds. The van der Waals surface area contributed by atoms with Crippen LogP contribution in [0.1, 0.15) is 49.2 Å². The molecule has 0 bridgehead atoms. The van der Waals surface area contributed by atoms with E-state index in [2.05, 4.69) is 15.5 Å². The van der Waals surface area contributed by atoms with E-state index in [0.29, 0.717) is 46.2 Å². The maximum atomic E-state index is 13.2. The highest BCUT2D eigenvalue weighted by molar-refractivity contribution is 8.00. The second-order valence-electron chi connectivity index (χ2n) is 7.26. The molecule has 0 fully saturated rings. The van der Waals surface area contributed by atoms with Gasteiger partial charge in [0.2, 0.25) is 5.91 Å². The van der Waals surface area contributed by atoms with Crippen LogP contribution in [-0.2, 0) is 16.1 Å². The van der Waals surface area contributed by atoms with Gasteiger partial charge in [-0.05, 0) is 38.0 Å². The molecule has 1 aromatic carbocycles. The van der Waals surface area contributed by atoms with E-state index >= 15 is 0 Å². The molecule has 1 atom stereocenters. The fourth-order valence-corrected chi connectivity index (χ4v) is 4.17. The third kappa shape index (κ3) is 5.18. The zero-order valence-electron chi connectivity index (χ0n) is 18.5. The quantitative estimate of drug-likeness (QED) is 0.292. The molecule has 0 aliphatic carbocycles. The summed E-state index contributed by atoms with van der Waals surface area (Å²) in [5.41, 5.74) is 0.487. The zero-order chi connectivity index (χ0) is 23.3. The summed E-state index contributed by atoms with van der Waals surface area (Å²) >= 11 is 1.21. The monoisotopic (exact) mass is 458 g/mol. The van der Waals surface area contributed by atoms with Gasteiger partial charge in [-0.25, -0.2) is 9.78 Å². The largest absolute Gasteiger partial charge is 0.465 e. The number of carbonyl (C=O) groups excluding carboxylic acids is 2. The average Bonchev–Trinajstić information content (AvgIpc) is 3.20. The van der Waals surface area contributed by atoms with Crippen molar-refractivity contribution >= 4 is 40.4 Å². The number of nitrogens with zero attached hydrogens (tertiary/aromatic N) is 3. The lowest BCUT2D eigenvalue weighted by Crippen LogP contribution is -2.28. The molecular formula is C22H26N4O5S. The molecule has 0 aliphatic heterocycles. The van der Waals surface area contributed by atoms with Crippen LogP contribution in [0.5, 0.6) is 0 Å². The number of benzene rings is 1. The predicted octanol–water partition coefficient (Wildman–Crippen LogP) is 3.79. The number of methoxy groups -OCH3 is 1. The van der Waals surface area contributed by atoms with Crippen molar-refractivity contribution in [2.45, 2.75) is 57.0 Å². The standard InChI is InChI=1S/C22H26N4O5S/c1-5-7-10-26-20(28)15-9-8-14(21(29)30-4)12-16(15)23-22(26)32-17(6-2)19(27)24-18-11-13(3)31-25-18/h8-9,11-12,17H,5-7,10H2,1-4H3,(H,24,25,27)/t17-/m0/s1. The molecule has 3 aromatic rings. The van der Waals surface area contributed by atoms with Crippen LogP contribution in [0.4, 0.5) is 5.82 Å². The van der Waals surface area contributed by atoms with Crippen LogP contribution in [0.3, 0.4) is 0 Å². The van der Waals surface area contributed by atoms with E-state index in [1.807, 2.05) is 13.8 Å². The number of carbonyl (C=O) groups is 2. The smallest absolute Gasteiger partial charge is 0.337 e. The van der Waals surface area contributed by atoms with Crippen LogP contribution in [0.15, 0.2) is 38.7 Å². The summed E-state index contributed by atoms with van der Waals surface area (Å²) in [6.07, 6.45) is 2.21. The maximum absolute atomic E-state index is 13.2. The van der Waals surface area contributed by atoms with Gasteiger partial charge in [0.15, 0.2) is 11.0 Å². The Morgan fingerprint density at radius 1 is 1.28 bits per heavy atom. The second kappa shape index (κ2) is 10.4. The van der Waals surface area contributed by atoms with E-state index in [1.165, 1.54) is 24.9 Å². The molecule has 0 spiro atoms. The Morgan fingerprint density at radius 2 is 2.06 bits per heavy atom. The first-order valence-corrected chi connectivity index (χ1v) is 11.3. The van der Waals surface area contributed by atoms with Crippen LogP contribution in [0, 0.1) is 6.92 Å². The summed E-state index contributed by atoms with van der Waals surface area (Å²) in [4.78, 5) is 42.6. The molecule has 0 aliphatic rings. The number of amides is 1. The van der Waals surface area contributed by atoms with E-state index in [-0.39, 0.29) is 11.5 Å². The lowest BCUT2D eigenvalue weighted by molar-refractivity contribution is -0.115. The average molecular weight is 459 g/mol. The molecule has 0 saturated heterocycles. The number of hydrogen-bond donors (Lipinski definition) is 1. The number of nitrogens with one attached hydrogen (secondary N) is 1. The third-order valence-electron chi connectivity index (χ3n) is 4.87. The van der Waals surface area contributed by atoms with E-state index in [1.54, 1.807) is 29.7 Å². The zero-order valence-corrected chi connectivity index (χ0v) is 19.3. The summed E-state index contributed by atoms with van der Waals surface area (Å²) in [6.45, 7) is 6.15. The fraction of sp³-hybridized carbons (Fsp3) is 0.409. The van der Waals surface area contributed by atoms with Gasteiger partial charge in [-0.15, -0.1) is 0 Å². The number of aromatic nitrogens is 3. The Hall–Kier alpha value is -3.14. The number of unbranched alkanes of at least 4 members (excludes halogenated alkanes) is 1.